The third kappa shape index (κ3) is 2.39. The molecule has 0 amide bonds. The van der Waals surface area contributed by atoms with Crippen LogP contribution in [-0.4, -0.2) is 25.8 Å². The molecule has 0 aromatic carbocycles. The number of hydrogen-bond donors (Lipinski definition) is 2. The second-order valence-electron chi connectivity index (χ2n) is 4.24. The van der Waals surface area contributed by atoms with Gasteiger partial charge in [0.15, 0.2) is 5.84 Å². The molecule has 6 nitrogen and oxygen atoms in total. The molecule has 0 unspecified atom stereocenters. The summed E-state index contributed by atoms with van der Waals surface area (Å²) < 4.78 is 1.60. The highest BCUT2D eigenvalue weighted by Crippen LogP contribution is 2.21. The van der Waals surface area contributed by atoms with Crippen LogP contribution in [0.15, 0.2) is 17.4 Å². The third-order valence-electron chi connectivity index (χ3n) is 2.76. The molecular weight excluding hydrogens is 266 g/mol. The van der Waals surface area contributed by atoms with Crippen LogP contribution in [0.25, 0.3) is 5.69 Å². The number of pyridine rings is 1. The van der Waals surface area contributed by atoms with Crippen molar-refractivity contribution in [2.75, 3.05) is 0 Å². The maximum atomic E-state index is 8.89. The first kappa shape index (κ1) is 13.4. The lowest BCUT2D eigenvalue weighted by Gasteiger charge is -2.12. The Labute approximate surface area is 115 Å². The molecule has 0 aliphatic heterocycles. The van der Waals surface area contributed by atoms with Gasteiger partial charge < -0.3 is 10.9 Å². The summed E-state index contributed by atoms with van der Waals surface area (Å²) in [7, 11) is 0. The summed E-state index contributed by atoms with van der Waals surface area (Å²) in [6.07, 6.45) is 1.68. The van der Waals surface area contributed by atoms with E-state index in [1.54, 1.807) is 17.8 Å². The van der Waals surface area contributed by atoms with Crippen molar-refractivity contribution in [3.05, 3.63) is 39.9 Å². The Morgan fingerprint density at radius 1 is 1.37 bits per heavy atom. The Kier molecular flexibility index (Phi) is 3.44. The van der Waals surface area contributed by atoms with Gasteiger partial charge in [0.25, 0.3) is 0 Å². The zero-order valence-electron chi connectivity index (χ0n) is 10.8. The molecule has 0 bridgehead atoms. The summed E-state index contributed by atoms with van der Waals surface area (Å²) in [5, 5.41) is 16.8. The molecule has 0 saturated heterocycles. The van der Waals surface area contributed by atoms with E-state index >= 15 is 0 Å². The van der Waals surface area contributed by atoms with Gasteiger partial charge in [0.1, 0.15) is 0 Å². The standard InChI is InChI=1S/C12H14ClN5O/c1-6-4-10(18-5-9(13)7(2)16-18)11(8(3)15-6)12(14)17-19/h4-5,19H,1-3H3,(H2,14,17). The van der Waals surface area contributed by atoms with Crippen molar-refractivity contribution < 1.29 is 5.21 Å². The molecule has 2 aromatic rings. The fourth-order valence-corrected chi connectivity index (χ4v) is 2.05. The van der Waals surface area contributed by atoms with Crippen molar-refractivity contribution in [2.45, 2.75) is 20.8 Å². The van der Waals surface area contributed by atoms with Crippen LogP contribution in [0.3, 0.4) is 0 Å². The van der Waals surface area contributed by atoms with E-state index in [0.29, 0.717) is 27.7 Å². The summed E-state index contributed by atoms with van der Waals surface area (Å²) in [6, 6.07) is 1.81. The average molecular weight is 280 g/mol. The molecule has 100 valence electrons. The molecule has 0 aliphatic carbocycles. The third-order valence-corrected chi connectivity index (χ3v) is 3.13. The number of rotatable bonds is 2. The SMILES string of the molecule is Cc1cc(-n2cc(Cl)c(C)n2)c(/C(N)=N/O)c(C)n1. The van der Waals surface area contributed by atoms with E-state index in [2.05, 4.69) is 15.2 Å². The lowest BCUT2D eigenvalue weighted by molar-refractivity contribution is 0.318. The lowest BCUT2D eigenvalue weighted by atomic mass is 10.1. The van der Waals surface area contributed by atoms with Crippen molar-refractivity contribution in [1.82, 2.24) is 14.8 Å². The van der Waals surface area contributed by atoms with Crippen LogP contribution in [0.4, 0.5) is 0 Å². The van der Waals surface area contributed by atoms with Gasteiger partial charge in [-0.1, -0.05) is 16.8 Å². The quantitative estimate of drug-likeness (QED) is 0.380. The lowest BCUT2D eigenvalue weighted by Crippen LogP contribution is -2.19. The maximum Gasteiger partial charge on any atom is 0.174 e. The number of aryl methyl sites for hydroxylation is 3. The van der Waals surface area contributed by atoms with Gasteiger partial charge in [-0.05, 0) is 26.8 Å². The Hall–Kier alpha value is -2.08. The van der Waals surface area contributed by atoms with E-state index in [9.17, 15) is 0 Å². The Bertz CT molecular complexity index is 643. The molecule has 0 saturated carbocycles. The minimum Gasteiger partial charge on any atom is -0.409 e. The van der Waals surface area contributed by atoms with Crippen molar-refractivity contribution in [1.29, 1.82) is 0 Å². The normalized spacial score (nSPS) is 11.9. The highest BCUT2D eigenvalue weighted by molar-refractivity contribution is 6.31. The minimum atomic E-state index is -0.00993. The van der Waals surface area contributed by atoms with E-state index in [4.69, 9.17) is 22.5 Å². The second kappa shape index (κ2) is 4.89. The molecule has 0 fully saturated rings. The van der Waals surface area contributed by atoms with Gasteiger partial charge >= 0.3 is 0 Å². The van der Waals surface area contributed by atoms with Crippen LogP contribution in [0, 0.1) is 20.8 Å². The van der Waals surface area contributed by atoms with Crippen LogP contribution in [0.1, 0.15) is 22.6 Å². The molecule has 0 aliphatic rings. The summed E-state index contributed by atoms with van der Waals surface area (Å²) in [5.41, 5.74) is 9.11. The van der Waals surface area contributed by atoms with Crippen LogP contribution in [-0.2, 0) is 0 Å². The molecule has 0 radical (unpaired) electrons. The monoisotopic (exact) mass is 279 g/mol. The average Bonchev–Trinajstić information content (AvgIpc) is 2.68. The van der Waals surface area contributed by atoms with E-state index in [-0.39, 0.29) is 5.84 Å². The number of nitrogens with two attached hydrogens (primary N) is 1. The molecule has 0 atom stereocenters. The number of hydrogen-bond acceptors (Lipinski definition) is 4. The molecule has 2 rings (SSSR count). The van der Waals surface area contributed by atoms with Crippen LogP contribution in [0.2, 0.25) is 5.02 Å². The van der Waals surface area contributed by atoms with E-state index in [1.165, 1.54) is 0 Å². The first-order chi connectivity index (χ1) is 8.93. The van der Waals surface area contributed by atoms with Crippen LogP contribution >= 0.6 is 11.6 Å². The number of nitrogens with zero attached hydrogens (tertiary/aromatic N) is 4. The van der Waals surface area contributed by atoms with Gasteiger partial charge in [0, 0.05) is 11.9 Å². The number of halogens is 1. The van der Waals surface area contributed by atoms with E-state index in [1.807, 2.05) is 19.9 Å². The number of amidine groups is 1. The fourth-order valence-electron chi connectivity index (χ4n) is 1.92. The van der Waals surface area contributed by atoms with Crippen LogP contribution < -0.4 is 5.73 Å². The van der Waals surface area contributed by atoms with Crippen molar-refractivity contribution >= 4 is 17.4 Å². The van der Waals surface area contributed by atoms with Gasteiger partial charge in [-0.15, -0.1) is 0 Å². The van der Waals surface area contributed by atoms with E-state index in [0.717, 1.165) is 5.69 Å². The zero-order valence-corrected chi connectivity index (χ0v) is 11.6. The Morgan fingerprint density at radius 2 is 2.05 bits per heavy atom. The maximum absolute atomic E-state index is 8.89. The molecule has 3 N–H and O–H groups in total. The summed E-state index contributed by atoms with van der Waals surface area (Å²) in [4.78, 5) is 4.31. The van der Waals surface area contributed by atoms with Gasteiger partial charge in [-0.2, -0.15) is 5.10 Å². The number of oxime groups is 1. The predicted octanol–water partition coefficient (Wildman–Crippen LogP) is 1.94. The highest BCUT2D eigenvalue weighted by atomic mass is 35.5. The second-order valence-corrected chi connectivity index (χ2v) is 4.64. The largest absolute Gasteiger partial charge is 0.409 e. The Morgan fingerprint density at radius 3 is 2.58 bits per heavy atom. The summed E-state index contributed by atoms with van der Waals surface area (Å²) in [6.45, 7) is 5.47. The van der Waals surface area contributed by atoms with Crippen molar-refractivity contribution in [2.24, 2.45) is 10.9 Å². The molecule has 19 heavy (non-hydrogen) atoms. The summed E-state index contributed by atoms with van der Waals surface area (Å²) in [5.74, 6) is -0.00993. The van der Waals surface area contributed by atoms with Gasteiger partial charge in [-0.25, -0.2) is 4.68 Å². The van der Waals surface area contributed by atoms with Crippen LogP contribution in [0.5, 0.6) is 0 Å². The molecule has 2 heterocycles. The molecule has 0 spiro atoms. The van der Waals surface area contributed by atoms with Crippen molar-refractivity contribution in [3.63, 3.8) is 0 Å². The minimum absolute atomic E-state index is 0.00993. The molecule has 2 aromatic heterocycles. The molecular formula is C12H14ClN5O. The Balaban J connectivity index is 2.74. The van der Waals surface area contributed by atoms with Gasteiger partial charge in [0.05, 0.1) is 27.7 Å². The molecule has 7 heteroatoms. The van der Waals surface area contributed by atoms with Gasteiger partial charge in [-0.3, -0.25) is 4.98 Å². The summed E-state index contributed by atoms with van der Waals surface area (Å²) >= 11 is 6.01. The van der Waals surface area contributed by atoms with Gasteiger partial charge in [0.2, 0.25) is 0 Å². The number of aromatic nitrogens is 3. The predicted molar refractivity (Wildman–Crippen MR) is 73.1 cm³/mol. The first-order valence-corrected chi connectivity index (χ1v) is 6.00. The smallest absolute Gasteiger partial charge is 0.174 e. The zero-order chi connectivity index (χ0) is 14.2. The highest BCUT2D eigenvalue weighted by Gasteiger charge is 2.16. The topological polar surface area (TPSA) is 89.3 Å². The van der Waals surface area contributed by atoms with E-state index < -0.39 is 0 Å². The first-order valence-electron chi connectivity index (χ1n) is 5.62. The van der Waals surface area contributed by atoms with Crippen molar-refractivity contribution in [3.8, 4) is 5.69 Å². The fraction of sp³-hybridized carbons (Fsp3) is 0.250.